The molecule has 0 bridgehead atoms. The Morgan fingerprint density at radius 3 is 2.68 bits per heavy atom. The lowest BCUT2D eigenvalue weighted by molar-refractivity contribution is -0.141. The first-order valence-corrected chi connectivity index (χ1v) is 11.0. The molecular formula is C24H27NO2S. The average Bonchev–Trinajstić information content (AvgIpc) is 3.23. The monoisotopic (exact) mass is 393 g/mol. The molecule has 1 aromatic carbocycles. The number of nitrogens with zero attached hydrogens (tertiary/aromatic N) is 1. The molecule has 0 saturated carbocycles. The van der Waals surface area contributed by atoms with Crippen molar-refractivity contribution in [1.29, 1.82) is 0 Å². The van der Waals surface area contributed by atoms with E-state index in [4.69, 9.17) is 4.98 Å². The highest BCUT2D eigenvalue weighted by Gasteiger charge is 2.24. The molecule has 1 atom stereocenters. The summed E-state index contributed by atoms with van der Waals surface area (Å²) in [6, 6.07) is 8.82. The number of benzene rings is 1. The normalized spacial score (nSPS) is 14.4. The Morgan fingerprint density at radius 2 is 1.96 bits per heavy atom. The fourth-order valence-corrected chi connectivity index (χ4v) is 5.65. The van der Waals surface area contributed by atoms with Gasteiger partial charge in [0.25, 0.3) is 0 Å². The van der Waals surface area contributed by atoms with Crippen molar-refractivity contribution < 1.29 is 9.90 Å². The second-order valence-electron chi connectivity index (χ2n) is 8.09. The van der Waals surface area contributed by atoms with Crippen LogP contribution < -0.4 is 0 Å². The van der Waals surface area contributed by atoms with E-state index in [1.165, 1.54) is 55.8 Å². The molecule has 28 heavy (non-hydrogen) atoms. The summed E-state index contributed by atoms with van der Waals surface area (Å²) in [5, 5.41) is 10.6. The minimum atomic E-state index is -0.709. The third-order valence-corrected chi connectivity index (χ3v) is 7.17. The number of fused-ring (bicyclic) bond motifs is 3. The van der Waals surface area contributed by atoms with E-state index >= 15 is 0 Å². The SMILES string of the molecule is Cc1ccc(-c2c(CCCC(C)C(=O)O)c(C)nc3sc4c(c23)CCC4)cc1. The highest BCUT2D eigenvalue weighted by molar-refractivity contribution is 7.19. The van der Waals surface area contributed by atoms with Crippen LogP contribution in [0.2, 0.25) is 0 Å². The molecule has 0 aliphatic heterocycles. The first-order valence-electron chi connectivity index (χ1n) is 10.2. The maximum absolute atomic E-state index is 11.2. The van der Waals surface area contributed by atoms with Crippen molar-refractivity contribution in [2.45, 2.75) is 59.3 Å². The van der Waals surface area contributed by atoms with Gasteiger partial charge in [-0.15, -0.1) is 11.3 Å². The minimum absolute atomic E-state index is 0.301. The topological polar surface area (TPSA) is 50.2 Å². The van der Waals surface area contributed by atoms with Crippen molar-refractivity contribution in [3.63, 3.8) is 0 Å². The van der Waals surface area contributed by atoms with E-state index < -0.39 is 5.97 Å². The maximum Gasteiger partial charge on any atom is 0.306 e. The molecule has 2 heterocycles. The molecule has 0 radical (unpaired) electrons. The van der Waals surface area contributed by atoms with Gasteiger partial charge in [-0.3, -0.25) is 4.79 Å². The van der Waals surface area contributed by atoms with Crippen molar-refractivity contribution in [2.24, 2.45) is 5.92 Å². The van der Waals surface area contributed by atoms with Crippen LogP contribution in [0.3, 0.4) is 0 Å². The highest BCUT2D eigenvalue weighted by Crippen LogP contribution is 2.44. The quantitative estimate of drug-likeness (QED) is 0.549. The zero-order chi connectivity index (χ0) is 19.8. The number of carbonyl (C=O) groups is 1. The van der Waals surface area contributed by atoms with Gasteiger partial charge >= 0.3 is 5.97 Å². The number of hydrogen-bond donors (Lipinski definition) is 1. The molecular weight excluding hydrogens is 366 g/mol. The van der Waals surface area contributed by atoms with Crippen molar-refractivity contribution in [2.75, 3.05) is 0 Å². The number of aromatic nitrogens is 1. The summed E-state index contributed by atoms with van der Waals surface area (Å²) in [6.45, 7) is 6.02. The smallest absolute Gasteiger partial charge is 0.306 e. The lowest BCUT2D eigenvalue weighted by Crippen LogP contribution is -2.10. The summed E-state index contributed by atoms with van der Waals surface area (Å²) < 4.78 is 0. The molecule has 1 unspecified atom stereocenters. The van der Waals surface area contributed by atoms with Gasteiger partial charge < -0.3 is 5.11 Å². The summed E-state index contributed by atoms with van der Waals surface area (Å²) in [5.74, 6) is -1.01. The first-order chi connectivity index (χ1) is 13.5. The van der Waals surface area contributed by atoms with E-state index in [0.29, 0.717) is 6.42 Å². The fourth-order valence-electron chi connectivity index (χ4n) is 4.33. The van der Waals surface area contributed by atoms with E-state index in [9.17, 15) is 9.90 Å². The second-order valence-corrected chi connectivity index (χ2v) is 9.17. The number of aliphatic carboxylic acids is 1. The molecule has 1 aliphatic rings. The van der Waals surface area contributed by atoms with Crippen LogP contribution in [0.15, 0.2) is 24.3 Å². The molecule has 0 fully saturated rings. The van der Waals surface area contributed by atoms with Crippen molar-refractivity contribution in [1.82, 2.24) is 4.98 Å². The largest absolute Gasteiger partial charge is 0.481 e. The third-order valence-electron chi connectivity index (χ3n) is 5.99. The minimum Gasteiger partial charge on any atom is -0.481 e. The summed E-state index contributed by atoms with van der Waals surface area (Å²) >= 11 is 1.87. The van der Waals surface area contributed by atoms with E-state index in [1.807, 2.05) is 11.3 Å². The van der Waals surface area contributed by atoms with Crippen molar-refractivity contribution in [3.8, 4) is 11.1 Å². The van der Waals surface area contributed by atoms with Crippen LogP contribution in [-0.4, -0.2) is 16.1 Å². The first kappa shape index (κ1) is 19.1. The van der Waals surface area contributed by atoms with Gasteiger partial charge in [0.05, 0.1) is 5.92 Å². The Labute approximate surface area is 170 Å². The molecule has 3 nitrogen and oxygen atoms in total. The lowest BCUT2D eigenvalue weighted by atomic mass is 9.90. The van der Waals surface area contributed by atoms with Gasteiger partial charge in [-0.05, 0) is 74.6 Å². The number of aryl methyl sites for hydroxylation is 4. The Balaban J connectivity index is 1.83. The van der Waals surface area contributed by atoms with Gasteiger partial charge in [0.15, 0.2) is 0 Å². The zero-order valence-corrected chi connectivity index (χ0v) is 17.7. The summed E-state index contributed by atoms with van der Waals surface area (Å²) in [4.78, 5) is 18.8. The van der Waals surface area contributed by atoms with Crippen LogP contribution in [0.5, 0.6) is 0 Å². The highest BCUT2D eigenvalue weighted by atomic mass is 32.1. The van der Waals surface area contributed by atoms with Gasteiger partial charge in [-0.25, -0.2) is 4.98 Å². The third kappa shape index (κ3) is 3.46. The van der Waals surface area contributed by atoms with Crippen LogP contribution >= 0.6 is 11.3 Å². The molecule has 146 valence electrons. The van der Waals surface area contributed by atoms with Gasteiger partial charge in [0.2, 0.25) is 0 Å². The van der Waals surface area contributed by atoms with Crippen LogP contribution in [0.1, 0.15) is 53.4 Å². The van der Waals surface area contributed by atoms with Gasteiger partial charge in [-0.1, -0.05) is 36.8 Å². The zero-order valence-electron chi connectivity index (χ0n) is 16.8. The lowest BCUT2D eigenvalue weighted by Gasteiger charge is -2.16. The van der Waals surface area contributed by atoms with E-state index in [2.05, 4.69) is 38.1 Å². The standard InChI is InChI=1S/C24H27NO2S/c1-14-10-12-17(13-11-14)21-18(7-4-6-15(2)24(26)27)16(3)25-23-22(21)19-8-5-9-20(19)28-23/h10-13,15H,4-9H2,1-3H3,(H,26,27). The van der Waals surface area contributed by atoms with Crippen LogP contribution in [-0.2, 0) is 24.1 Å². The second kappa shape index (κ2) is 7.67. The van der Waals surface area contributed by atoms with Gasteiger partial charge in [0, 0.05) is 16.0 Å². The molecule has 0 spiro atoms. The van der Waals surface area contributed by atoms with E-state index in [-0.39, 0.29) is 5.92 Å². The number of carboxylic acid groups (broad SMARTS) is 1. The molecule has 1 aliphatic carbocycles. The van der Waals surface area contributed by atoms with Crippen molar-refractivity contribution in [3.05, 3.63) is 51.5 Å². The number of thiophene rings is 1. The molecule has 4 rings (SSSR count). The number of pyridine rings is 1. The molecule has 0 amide bonds. The van der Waals surface area contributed by atoms with Crippen LogP contribution in [0.25, 0.3) is 21.3 Å². The molecule has 3 aromatic rings. The maximum atomic E-state index is 11.2. The predicted octanol–water partition coefficient (Wildman–Crippen LogP) is 6.11. The molecule has 4 heteroatoms. The summed E-state index contributed by atoms with van der Waals surface area (Å²) in [6.07, 6.45) is 6.00. The predicted molar refractivity (Wildman–Crippen MR) is 116 cm³/mol. The Morgan fingerprint density at radius 1 is 1.21 bits per heavy atom. The fraction of sp³-hybridized carbons (Fsp3) is 0.417. The number of hydrogen-bond acceptors (Lipinski definition) is 3. The Bertz CT molecular complexity index is 1030. The Kier molecular flexibility index (Phi) is 5.24. The number of carboxylic acids is 1. The summed E-state index contributed by atoms with van der Waals surface area (Å²) in [7, 11) is 0. The van der Waals surface area contributed by atoms with Gasteiger partial charge in [-0.2, -0.15) is 0 Å². The molecule has 0 saturated heterocycles. The average molecular weight is 394 g/mol. The molecule has 2 aromatic heterocycles. The van der Waals surface area contributed by atoms with E-state index in [0.717, 1.165) is 25.0 Å². The molecule has 1 N–H and O–H groups in total. The van der Waals surface area contributed by atoms with Gasteiger partial charge in [0.1, 0.15) is 4.83 Å². The van der Waals surface area contributed by atoms with Crippen LogP contribution in [0.4, 0.5) is 0 Å². The Hall–Kier alpha value is -2.20. The van der Waals surface area contributed by atoms with Crippen LogP contribution in [0, 0.1) is 19.8 Å². The van der Waals surface area contributed by atoms with Crippen molar-refractivity contribution >= 4 is 27.5 Å². The summed E-state index contributed by atoms with van der Waals surface area (Å²) in [5.41, 5.74) is 7.74. The number of rotatable bonds is 6. The van der Waals surface area contributed by atoms with E-state index in [1.54, 1.807) is 6.92 Å².